The van der Waals surface area contributed by atoms with Crippen LogP contribution in [0.3, 0.4) is 0 Å². The number of nitrogens with one attached hydrogen (secondary N) is 2. The highest BCUT2D eigenvalue weighted by Gasteiger charge is 2.04. The monoisotopic (exact) mass is 264 g/mol. The average Bonchev–Trinajstić information content (AvgIpc) is 2.42. The van der Waals surface area contributed by atoms with Crippen molar-refractivity contribution in [2.24, 2.45) is 0 Å². The fourth-order valence-corrected chi connectivity index (χ4v) is 2.13. The van der Waals surface area contributed by atoms with Crippen LogP contribution >= 0.6 is 0 Å². The van der Waals surface area contributed by atoms with Crippen molar-refractivity contribution in [3.63, 3.8) is 0 Å². The molecule has 0 saturated heterocycles. The molecule has 0 aromatic carbocycles. The highest BCUT2D eigenvalue weighted by molar-refractivity contribution is 6.39. The van der Waals surface area contributed by atoms with E-state index in [9.17, 15) is 0 Å². The molecule has 19 heavy (non-hydrogen) atoms. The summed E-state index contributed by atoms with van der Waals surface area (Å²) in [5, 5.41) is 15.6. The number of rotatable bonds is 14. The van der Waals surface area contributed by atoms with Crippen molar-refractivity contribution in [2.45, 2.75) is 84.0 Å². The molecule has 0 heterocycles. The van der Waals surface area contributed by atoms with Crippen LogP contribution in [0.25, 0.3) is 0 Å². The maximum absolute atomic E-state index is 7.83. The second kappa shape index (κ2) is 13.5. The van der Waals surface area contributed by atoms with Crippen LogP contribution in [0.1, 0.15) is 84.0 Å². The number of hydrogen-bond acceptors (Lipinski definition) is 2. The lowest BCUT2D eigenvalue weighted by atomic mass is 10.0. The number of unbranched alkanes of at least 4 members (excludes halogenated alkanes) is 8. The van der Waals surface area contributed by atoms with E-state index in [4.69, 9.17) is 10.8 Å². The molecule has 0 aliphatic rings. The number of hydrogen-bond donors (Lipinski definition) is 2. The van der Waals surface area contributed by atoms with Crippen LogP contribution in [0.2, 0.25) is 0 Å². The van der Waals surface area contributed by atoms with E-state index in [0.717, 1.165) is 38.5 Å². The van der Waals surface area contributed by atoms with Gasteiger partial charge in [-0.25, -0.2) is 0 Å². The van der Waals surface area contributed by atoms with Crippen molar-refractivity contribution in [3.8, 4) is 0 Å². The van der Waals surface area contributed by atoms with Gasteiger partial charge in [0.2, 0.25) is 0 Å². The van der Waals surface area contributed by atoms with Gasteiger partial charge in [0.05, 0.1) is 11.4 Å². The normalized spacial score (nSPS) is 10.4. The third-order valence-corrected chi connectivity index (χ3v) is 3.48. The molecule has 0 spiro atoms. The lowest BCUT2D eigenvalue weighted by Crippen LogP contribution is -2.11. The Balaban J connectivity index is 3.31. The van der Waals surface area contributed by atoms with E-state index in [-0.39, 0.29) is 0 Å². The zero-order valence-electron chi connectivity index (χ0n) is 12.8. The van der Waals surface area contributed by atoms with Crippen LogP contribution in [0.5, 0.6) is 0 Å². The van der Waals surface area contributed by atoms with Gasteiger partial charge >= 0.3 is 0 Å². The smallest absolute Gasteiger partial charge is 0.0521 e. The highest BCUT2D eigenvalue weighted by Crippen LogP contribution is 2.10. The molecule has 0 bridgehead atoms. The van der Waals surface area contributed by atoms with Gasteiger partial charge in [0, 0.05) is 0 Å². The predicted octanol–water partition coefficient (Wildman–Crippen LogP) is 5.91. The molecule has 0 aliphatic heterocycles. The summed E-state index contributed by atoms with van der Waals surface area (Å²) < 4.78 is 0. The molecule has 0 radical (unpaired) electrons. The highest BCUT2D eigenvalue weighted by atomic mass is 14.5. The zero-order chi connectivity index (χ0) is 14.3. The fraction of sp³-hybridized carbons (Fsp3) is 0.765. The molecule has 0 unspecified atom stereocenters. The van der Waals surface area contributed by atoms with Gasteiger partial charge in [0.1, 0.15) is 0 Å². The molecule has 0 aromatic heterocycles. The van der Waals surface area contributed by atoms with Crippen molar-refractivity contribution in [2.75, 3.05) is 0 Å². The first-order chi connectivity index (χ1) is 9.22. The first-order valence-corrected chi connectivity index (χ1v) is 7.98. The van der Waals surface area contributed by atoms with Gasteiger partial charge in [-0.2, -0.15) is 0 Å². The summed E-state index contributed by atoms with van der Waals surface area (Å²) in [5.74, 6) is 0. The lowest BCUT2D eigenvalue weighted by Gasteiger charge is -2.05. The summed E-state index contributed by atoms with van der Waals surface area (Å²) in [6, 6.07) is 0. The molecule has 0 amide bonds. The summed E-state index contributed by atoms with van der Waals surface area (Å²) >= 11 is 0. The average molecular weight is 264 g/mol. The largest absolute Gasteiger partial charge is 0.303 e. The quantitative estimate of drug-likeness (QED) is 0.222. The summed E-state index contributed by atoms with van der Waals surface area (Å²) in [4.78, 5) is 0. The minimum Gasteiger partial charge on any atom is -0.303 e. The second-order valence-corrected chi connectivity index (χ2v) is 5.36. The predicted molar refractivity (Wildman–Crippen MR) is 86.7 cm³/mol. The van der Waals surface area contributed by atoms with Crippen molar-refractivity contribution >= 4 is 11.4 Å². The van der Waals surface area contributed by atoms with E-state index in [2.05, 4.69) is 13.5 Å². The summed E-state index contributed by atoms with van der Waals surface area (Å²) in [6.45, 7) is 5.86. The second-order valence-electron chi connectivity index (χ2n) is 5.36. The Labute approximate surface area is 119 Å². The third kappa shape index (κ3) is 11.9. The van der Waals surface area contributed by atoms with Crippen LogP contribution in [-0.2, 0) is 0 Å². The minimum absolute atomic E-state index is 0.561. The zero-order valence-corrected chi connectivity index (χ0v) is 12.8. The maximum Gasteiger partial charge on any atom is 0.0521 e. The molecule has 110 valence electrons. The van der Waals surface area contributed by atoms with Crippen LogP contribution in [0, 0.1) is 10.8 Å². The SMILES string of the molecule is C=CCCCCCCCCCC(=N)C(=N)CCCC. The standard InChI is InChI=1S/C17H32N2/c1-3-5-7-8-9-10-11-12-13-15-17(19)16(18)14-6-4-2/h3,18-19H,1,4-15H2,2H3. The molecule has 0 fully saturated rings. The Morgan fingerprint density at radius 2 is 1.26 bits per heavy atom. The minimum atomic E-state index is 0.561. The Bertz CT molecular complexity index is 256. The van der Waals surface area contributed by atoms with Gasteiger partial charge in [0.25, 0.3) is 0 Å². The number of allylic oxidation sites excluding steroid dienone is 1. The van der Waals surface area contributed by atoms with Crippen LogP contribution < -0.4 is 0 Å². The first-order valence-electron chi connectivity index (χ1n) is 7.98. The van der Waals surface area contributed by atoms with E-state index < -0.39 is 0 Å². The van der Waals surface area contributed by atoms with Gasteiger partial charge in [-0.3, -0.25) is 0 Å². The maximum atomic E-state index is 7.83. The van der Waals surface area contributed by atoms with Gasteiger partial charge in [-0.15, -0.1) is 6.58 Å². The molecule has 0 atom stereocenters. The van der Waals surface area contributed by atoms with Crippen LogP contribution in [0.4, 0.5) is 0 Å². The molecule has 0 rings (SSSR count). The summed E-state index contributed by atoms with van der Waals surface area (Å²) in [5.41, 5.74) is 1.13. The lowest BCUT2D eigenvalue weighted by molar-refractivity contribution is 0.586. The Morgan fingerprint density at radius 3 is 1.79 bits per heavy atom. The third-order valence-electron chi connectivity index (χ3n) is 3.48. The molecule has 2 N–H and O–H groups in total. The molecule has 2 heteroatoms. The van der Waals surface area contributed by atoms with Crippen LogP contribution in [-0.4, -0.2) is 11.4 Å². The summed E-state index contributed by atoms with van der Waals surface area (Å²) in [7, 11) is 0. The van der Waals surface area contributed by atoms with E-state index in [1.807, 2.05) is 6.08 Å². The molecular formula is C17H32N2. The van der Waals surface area contributed by atoms with Gasteiger partial charge < -0.3 is 10.8 Å². The Morgan fingerprint density at radius 1 is 0.789 bits per heavy atom. The summed E-state index contributed by atoms with van der Waals surface area (Å²) in [6.07, 6.45) is 15.7. The Kier molecular flexibility index (Phi) is 12.9. The molecular weight excluding hydrogens is 232 g/mol. The van der Waals surface area contributed by atoms with Gasteiger partial charge in [-0.05, 0) is 38.5 Å². The van der Waals surface area contributed by atoms with E-state index in [0.29, 0.717) is 11.4 Å². The van der Waals surface area contributed by atoms with E-state index >= 15 is 0 Å². The van der Waals surface area contributed by atoms with E-state index in [1.54, 1.807) is 0 Å². The van der Waals surface area contributed by atoms with Crippen molar-refractivity contribution in [3.05, 3.63) is 12.7 Å². The molecule has 0 aromatic rings. The van der Waals surface area contributed by atoms with E-state index in [1.165, 1.54) is 38.5 Å². The van der Waals surface area contributed by atoms with Crippen molar-refractivity contribution < 1.29 is 0 Å². The molecule has 0 saturated carbocycles. The van der Waals surface area contributed by atoms with Crippen LogP contribution in [0.15, 0.2) is 12.7 Å². The molecule has 2 nitrogen and oxygen atoms in total. The van der Waals surface area contributed by atoms with Crippen molar-refractivity contribution in [1.82, 2.24) is 0 Å². The Hall–Kier alpha value is -0.920. The van der Waals surface area contributed by atoms with Gasteiger partial charge in [0.15, 0.2) is 0 Å². The van der Waals surface area contributed by atoms with Crippen molar-refractivity contribution in [1.29, 1.82) is 10.8 Å². The first kappa shape index (κ1) is 18.1. The van der Waals surface area contributed by atoms with Gasteiger partial charge in [-0.1, -0.05) is 51.5 Å². The fourth-order valence-electron chi connectivity index (χ4n) is 2.13. The topological polar surface area (TPSA) is 47.7 Å². The molecule has 0 aliphatic carbocycles.